The Bertz CT molecular complexity index is 1050. The van der Waals surface area contributed by atoms with Gasteiger partial charge in [0.05, 0.1) is 17.7 Å². The number of carbonyl (C=O) groups excluding carboxylic acids is 3. The standard InChI is InChI=1S/C22H25FN4O3/c1-5-27(6-2)19(28)11-24-22(30)20-12(3)18(25-13(20)4)10-16-15-9-14(23)7-8-17(15)26-21(16)29/h7-10,25H,5-6,11H2,1-4H3,(H,24,30)(H,26,29). The monoisotopic (exact) mass is 412 g/mol. The number of carbonyl (C=O) groups is 3. The van der Waals surface area contributed by atoms with Crippen LogP contribution in [0.2, 0.25) is 0 Å². The number of hydrogen-bond donors (Lipinski definition) is 3. The molecule has 0 saturated heterocycles. The van der Waals surface area contributed by atoms with Crippen molar-refractivity contribution in [3.63, 3.8) is 0 Å². The maximum Gasteiger partial charge on any atom is 0.256 e. The number of amides is 3. The van der Waals surface area contributed by atoms with Gasteiger partial charge in [0.15, 0.2) is 0 Å². The lowest BCUT2D eigenvalue weighted by Crippen LogP contribution is -2.40. The second-order valence-electron chi connectivity index (χ2n) is 7.11. The molecule has 0 unspecified atom stereocenters. The van der Waals surface area contributed by atoms with Gasteiger partial charge in [-0.3, -0.25) is 14.4 Å². The molecule has 0 aliphatic carbocycles. The van der Waals surface area contributed by atoms with Crippen LogP contribution in [0.15, 0.2) is 18.2 Å². The van der Waals surface area contributed by atoms with Gasteiger partial charge >= 0.3 is 0 Å². The first-order chi connectivity index (χ1) is 14.3. The smallest absolute Gasteiger partial charge is 0.256 e. The predicted octanol–water partition coefficient (Wildman–Crippen LogP) is 2.86. The summed E-state index contributed by atoms with van der Waals surface area (Å²) in [4.78, 5) is 41.9. The summed E-state index contributed by atoms with van der Waals surface area (Å²) < 4.78 is 13.7. The molecule has 0 fully saturated rings. The SMILES string of the molecule is CCN(CC)C(=O)CNC(=O)c1c(C)[nH]c(C=C2C(=O)Nc3ccc(F)cc32)c1C. The van der Waals surface area contributed by atoms with Gasteiger partial charge in [-0.2, -0.15) is 0 Å². The molecule has 0 bridgehead atoms. The van der Waals surface area contributed by atoms with Gasteiger partial charge in [0.25, 0.3) is 11.8 Å². The zero-order valence-electron chi connectivity index (χ0n) is 17.5. The molecular formula is C22H25FN4O3. The molecule has 0 saturated carbocycles. The second kappa shape index (κ2) is 8.52. The molecule has 1 aromatic heterocycles. The summed E-state index contributed by atoms with van der Waals surface area (Å²) in [6.45, 7) is 8.34. The summed E-state index contributed by atoms with van der Waals surface area (Å²) in [5.41, 5.74) is 3.60. The number of aromatic amines is 1. The van der Waals surface area contributed by atoms with E-state index in [1.165, 1.54) is 18.2 Å². The lowest BCUT2D eigenvalue weighted by molar-refractivity contribution is -0.129. The minimum atomic E-state index is -0.437. The van der Waals surface area contributed by atoms with E-state index in [9.17, 15) is 18.8 Å². The predicted molar refractivity (Wildman–Crippen MR) is 113 cm³/mol. The Morgan fingerprint density at radius 3 is 2.57 bits per heavy atom. The van der Waals surface area contributed by atoms with E-state index in [-0.39, 0.29) is 24.3 Å². The van der Waals surface area contributed by atoms with Crippen LogP contribution in [-0.4, -0.2) is 47.2 Å². The minimum Gasteiger partial charge on any atom is -0.358 e. The number of aryl methyl sites for hydroxylation is 1. The van der Waals surface area contributed by atoms with Crippen LogP contribution < -0.4 is 10.6 Å². The van der Waals surface area contributed by atoms with E-state index in [1.54, 1.807) is 24.8 Å². The number of rotatable bonds is 6. The van der Waals surface area contributed by atoms with Crippen molar-refractivity contribution in [3.8, 4) is 0 Å². The van der Waals surface area contributed by atoms with Crippen molar-refractivity contribution in [1.82, 2.24) is 15.2 Å². The Balaban J connectivity index is 1.86. The fourth-order valence-electron chi connectivity index (χ4n) is 3.64. The number of aromatic nitrogens is 1. The molecule has 30 heavy (non-hydrogen) atoms. The molecule has 158 valence electrons. The molecule has 0 radical (unpaired) electrons. The summed E-state index contributed by atoms with van der Waals surface area (Å²) in [7, 11) is 0. The third-order valence-electron chi connectivity index (χ3n) is 5.27. The highest BCUT2D eigenvalue weighted by atomic mass is 19.1. The van der Waals surface area contributed by atoms with Crippen molar-refractivity contribution >= 4 is 35.1 Å². The number of benzene rings is 1. The minimum absolute atomic E-state index is 0.0872. The van der Waals surface area contributed by atoms with Crippen LogP contribution in [0.5, 0.6) is 0 Å². The summed E-state index contributed by atoms with van der Waals surface area (Å²) in [5.74, 6) is -1.29. The lowest BCUT2D eigenvalue weighted by Gasteiger charge is -2.18. The average Bonchev–Trinajstić information content (AvgIpc) is 3.16. The third kappa shape index (κ3) is 3.98. The molecule has 3 N–H and O–H groups in total. The molecule has 0 atom stereocenters. The van der Waals surface area contributed by atoms with Crippen molar-refractivity contribution in [3.05, 3.63) is 52.1 Å². The first kappa shape index (κ1) is 21.3. The zero-order chi connectivity index (χ0) is 22.0. The summed E-state index contributed by atoms with van der Waals surface area (Å²) in [5, 5.41) is 5.37. The number of hydrogen-bond acceptors (Lipinski definition) is 3. The quantitative estimate of drug-likeness (QED) is 0.637. The number of H-pyrrole nitrogens is 1. The number of likely N-dealkylation sites (N-methyl/N-ethyl adjacent to an activating group) is 1. The van der Waals surface area contributed by atoms with E-state index in [0.29, 0.717) is 52.4 Å². The fraction of sp³-hybridized carbons (Fsp3) is 0.318. The maximum atomic E-state index is 13.7. The van der Waals surface area contributed by atoms with Crippen molar-refractivity contribution in [2.75, 3.05) is 25.0 Å². The van der Waals surface area contributed by atoms with E-state index >= 15 is 0 Å². The average molecular weight is 412 g/mol. The van der Waals surface area contributed by atoms with Crippen molar-refractivity contribution in [2.24, 2.45) is 0 Å². The number of fused-ring (bicyclic) bond motifs is 1. The Morgan fingerprint density at radius 2 is 1.90 bits per heavy atom. The Hall–Kier alpha value is -3.42. The molecule has 1 aliphatic rings. The molecule has 0 spiro atoms. The normalized spacial score (nSPS) is 13.9. The van der Waals surface area contributed by atoms with E-state index in [2.05, 4.69) is 15.6 Å². The topological polar surface area (TPSA) is 94.3 Å². The van der Waals surface area contributed by atoms with Crippen molar-refractivity contribution in [2.45, 2.75) is 27.7 Å². The van der Waals surface area contributed by atoms with Gasteiger partial charge in [0.1, 0.15) is 5.82 Å². The van der Waals surface area contributed by atoms with E-state index in [4.69, 9.17) is 0 Å². The number of anilines is 1. The lowest BCUT2D eigenvalue weighted by atomic mass is 10.0. The van der Waals surface area contributed by atoms with Gasteiger partial charge in [-0.25, -0.2) is 4.39 Å². The van der Waals surface area contributed by atoms with Gasteiger partial charge in [-0.1, -0.05) is 0 Å². The second-order valence-corrected chi connectivity index (χ2v) is 7.11. The Labute approximate surface area is 174 Å². The fourth-order valence-corrected chi connectivity index (χ4v) is 3.64. The third-order valence-corrected chi connectivity index (χ3v) is 5.27. The highest BCUT2D eigenvalue weighted by Gasteiger charge is 2.26. The molecule has 1 aromatic carbocycles. The highest BCUT2D eigenvalue weighted by Crippen LogP contribution is 2.34. The largest absolute Gasteiger partial charge is 0.358 e. The van der Waals surface area contributed by atoms with Gasteiger partial charge in [0, 0.05) is 35.7 Å². The van der Waals surface area contributed by atoms with Crippen molar-refractivity contribution in [1.29, 1.82) is 0 Å². The van der Waals surface area contributed by atoms with Crippen LogP contribution in [0.1, 0.15) is 46.7 Å². The van der Waals surface area contributed by atoms with Gasteiger partial charge in [-0.15, -0.1) is 0 Å². The van der Waals surface area contributed by atoms with Gasteiger partial charge in [0.2, 0.25) is 5.91 Å². The van der Waals surface area contributed by atoms with Gasteiger partial charge in [-0.05, 0) is 57.5 Å². The van der Waals surface area contributed by atoms with Crippen LogP contribution in [0, 0.1) is 19.7 Å². The van der Waals surface area contributed by atoms with Crippen LogP contribution in [-0.2, 0) is 9.59 Å². The number of nitrogens with one attached hydrogen (secondary N) is 3. The molecule has 8 heteroatoms. The molecule has 2 heterocycles. The first-order valence-corrected chi connectivity index (χ1v) is 9.84. The zero-order valence-corrected chi connectivity index (χ0v) is 17.5. The maximum absolute atomic E-state index is 13.7. The van der Waals surface area contributed by atoms with E-state index in [1.807, 2.05) is 13.8 Å². The van der Waals surface area contributed by atoms with Crippen LogP contribution >= 0.6 is 0 Å². The van der Waals surface area contributed by atoms with Crippen LogP contribution in [0.25, 0.3) is 11.6 Å². The van der Waals surface area contributed by atoms with Crippen molar-refractivity contribution < 1.29 is 18.8 Å². The van der Waals surface area contributed by atoms with Gasteiger partial charge < -0.3 is 20.5 Å². The molecule has 3 amide bonds. The Kier molecular flexibility index (Phi) is 6.05. The number of nitrogens with zero attached hydrogens (tertiary/aromatic N) is 1. The highest BCUT2D eigenvalue weighted by molar-refractivity contribution is 6.34. The number of halogens is 1. The Morgan fingerprint density at radius 1 is 1.20 bits per heavy atom. The molecule has 1 aliphatic heterocycles. The summed E-state index contributed by atoms with van der Waals surface area (Å²) in [6.07, 6.45) is 1.61. The summed E-state index contributed by atoms with van der Waals surface area (Å²) >= 11 is 0. The molecule has 2 aromatic rings. The van der Waals surface area contributed by atoms with Crippen LogP contribution in [0.4, 0.5) is 10.1 Å². The van der Waals surface area contributed by atoms with E-state index < -0.39 is 5.82 Å². The first-order valence-electron chi connectivity index (χ1n) is 9.84. The molecule has 7 nitrogen and oxygen atoms in total. The van der Waals surface area contributed by atoms with Crippen LogP contribution in [0.3, 0.4) is 0 Å². The molecular weight excluding hydrogens is 387 g/mol. The van der Waals surface area contributed by atoms with E-state index in [0.717, 1.165) is 0 Å². The summed E-state index contributed by atoms with van der Waals surface area (Å²) in [6, 6.07) is 4.10. The molecule has 3 rings (SSSR count).